The topological polar surface area (TPSA) is 97.0 Å². The average Bonchev–Trinajstić information content (AvgIpc) is 3.46. The predicted molar refractivity (Wildman–Crippen MR) is 110 cm³/mol. The van der Waals surface area contributed by atoms with E-state index in [1.807, 2.05) is 0 Å². The van der Waals surface area contributed by atoms with Crippen molar-refractivity contribution in [3.63, 3.8) is 0 Å². The van der Waals surface area contributed by atoms with Crippen molar-refractivity contribution in [1.82, 2.24) is 0 Å². The summed E-state index contributed by atoms with van der Waals surface area (Å²) in [5.74, 6) is 0.0653. The van der Waals surface area contributed by atoms with Gasteiger partial charge in [0, 0.05) is 36.2 Å². The highest BCUT2D eigenvalue weighted by Gasteiger charge is 2.20. The van der Waals surface area contributed by atoms with E-state index in [1.165, 1.54) is 19.1 Å². The smallest absolute Gasteiger partial charge is 0.277 e. The molecular formula is C21H27F3N4O. The van der Waals surface area contributed by atoms with E-state index in [1.54, 1.807) is 13.1 Å². The Labute approximate surface area is 168 Å². The van der Waals surface area contributed by atoms with Gasteiger partial charge in [-0.15, -0.1) is 0 Å². The zero-order chi connectivity index (χ0) is 21.6. The number of nitrogens with zero attached hydrogens (tertiary/aromatic N) is 2. The lowest BCUT2D eigenvalue weighted by Crippen LogP contribution is -2.12. The summed E-state index contributed by atoms with van der Waals surface area (Å²) in [6.45, 7) is 3.86. The molecule has 0 saturated heterocycles. The van der Waals surface area contributed by atoms with Crippen molar-refractivity contribution >= 4 is 17.6 Å². The van der Waals surface area contributed by atoms with Gasteiger partial charge in [0.15, 0.2) is 0 Å². The first-order chi connectivity index (χ1) is 13.7. The molecule has 29 heavy (non-hydrogen) atoms. The number of rotatable bonds is 9. The second-order valence-electron chi connectivity index (χ2n) is 7.25. The second kappa shape index (κ2) is 10.2. The molecule has 0 bridgehead atoms. The van der Waals surface area contributed by atoms with Crippen LogP contribution in [0.1, 0.15) is 44.8 Å². The number of benzene rings is 1. The molecule has 0 unspecified atom stereocenters. The lowest BCUT2D eigenvalue weighted by Gasteiger charge is -2.12. The zero-order valence-corrected chi connectivity index (χ0v) is 16.6. The van der Waals surface area contributed by atoms with E-state index < -0.39 is 24.0 Å². The Morgan fingerprint density at radius 3 is 2.55 bits per heavy atom. The number of aliphatic hydroxyl groups is 1. The first kappa shape index (κ1) is 22.7. The number of alkyl halides is 2. The highest BCUT2D eigenvalue weighted by Crippen LogP contribution is 2.29. The summed E-state index contributed by atoms with van der Waals surface area (Å²) < 4.78 is 39.5. The van der Waals surface area contributed by atoms with Crippen molar-refractivity contribution < 1.29 is 18.3 Å². The summed E-state index contributed by atoms with van der Waals surface area (Å²) in [6.07, 6.45) is 1.30. The molecular weight excluding hydrogens is 381 g/mol. The van der Waals surface area contributed by atoms with Crippen molar-refractivity contribution in [3.05, 3.63) is 52.6 Å². The van der Waals surface area contributed by atoms with Crippen LogP contribution in [-0.4, -0.2) is 30.0 Å². The van der Waals surface area contributed by atoms with Crippen LogP contribution in [0, 0.1) is 11.7 Å². The van der Waals surface area contributed by atoms with Gasteiger partial charge in [-0.2, -0.15) is 0 Å². The number of hydrogen-bond acceptors (Lipinski definition) is 5. The lowest BCUT2D eigenvalue weighted by molar-refractivity contribution is 0.188. The predicted octanol–water partition coefficient (Wildman–Crippen LogP) is 4.16. The minimum atomic E-state index is -2.85. The summed E-state index contributed by atoms with van der Waals surface area (Å²) in [4.78, 5) is 8.75. The minimum Gasteiger partial charge on any atom is -0.402 e. The van der Waals surface area contributed by atoms with E-state index in [9.17, 15) is 18.3 Å². The molecule has 0 radical (unpaired) electrons. The van der Waals surface area contributed by atoms with Gasteiger partial charge in [-0.05, 0) is 62.5 Å². The summed E-state index contributed by atoms with van der Waals surface area (Å²) in [5, 5.41) is 9.91. The zero-order valence-electron chi connectivity index (χ0n) is 16.6. The average molecular weight is 408 g/mol. The summed E-state index contributed by atoms with van der Waals surface area (Å²) in [7, 11) is 0. The maximum absolute atomic E-state index is 13.6. The molecule has 1 aliphatic rings. The van der Waals surface area contributed by atoms with Gasteiger partial charge in [0.25, 0.3) is 6.43 Å². The molecule has 158 valence electrons. The van der Waals surface area contributed by atoms with Crippen molar-refractivity contribution in [1.29, 1.82) is 0 Å². The van der Waals surface area contributed by atoms with Crippen LogP contribution >= 0.6 is 0 Å². The normalized spacial score (nSPS) is 17.8. The molecule has 1 aliphatic carbocycles. The molecule has 0 aromatic heterocycles. The van der Waals surface area contributed by atoms with E-state index in [2.05, 4.69) is 9.98 Å². The van der Waals surface area contributed by atoms with E-state index >= 15 is 0 Å². The molecule has 1 saturated carbocycles. The largest absolute Gasteiger partial charge is 0.402 e. The van der Waals surface area contributed by atoms with Gasteiger partial charge in [-0.25, -0.2) is 13.2 Å². The quantitative estimate of drug-likeness (QED) is 0.535. The fourth-order valence-corrected chi connectivity index (χ4v) is 2.59. The van der Waals surface area contributed by atoms with Crippen LogP contribution in [0.5, 0.6) is 0 Å². The maximum atomic E-state index is 13.6. The summed E-state index contributed by atoms with van der Waals surface area (Å²) >= 11 is 0. The van der Waals surface area contributed by atoms with Crippen molar-refractivity contribution in [2.45, 2.75) is 45.6 Å². The standard InChI is InChI=1S/C21H27F3N4O/c1-12(25)15(11-27-10-14-3-4-14)7-17(9-19(26)21(23)24)28-20-6-5-16(22)8-18(20)13(2)29/h5-6,8-9,11,13-14,21,29H,3-4,7,10,25-26H2,1-2H3/t13-/m1/s1. The number of nitrogens with two attached hydrogens (primary N) is 2. The van der Waals surface area contributed by atoms with E-state index in [-0.39, 0.29) is 23.4 Å². The minimum absolute atomic E-state index is 0.112. The van der Waals surface area contributed by atoms with Gasteiger partial charge in [-0.3, -0.25) is 9.98 Å². The van der Waals surface area contributed by atoms with Crippen LogP contribution in [-0.2, 0) is 0 Å². The van der Waals surface area contributed by atoms with E-state index in [0.29, 0.717) is 23.7 Å². The number of aliphatic hydroxyl groups excluding tert-OH is 1. The lowest BCUT2D eigenvalue weighted by atomic mass is 10.1. The molecule has 5 N–H and O–H groups in total. The molecule has 1 aromatic rings. The van der Waals surface area contributed by atoms with Crippen molar-refractivity contribution in [3.8, 4) is 0 Å². The number of allylic oxidation sites excluding steroid dienone is 4. The summed E-state index contributed by atoms with van der Waals surface area (Å²) in [6, 6.07) is 3.72. The second-order valence-corrected chi connectivity index (χ2v) is 7.25. The van der Waals surface area contributed by atoms with Gasteiger partial charge in [-0.1, -0.05) is 0 Å². The first-order valence-corrected chi connectivity index (χ1v) is 9.42. The Hall–Kier alpha value is -2.61. The van der Waals surface area contributed by atoms with E-state index in [4.69, 9.17) is 11.5 Å². The third-order valence-electron chi connectivity index (χ3n) is 4.47. The van der Waals surface area contributed by atoms with Crippen LogP contribution < -0.4 is 11.5 Å². The molecule has 8 heteroatoms. The molecule has 0 aliphatic heterocycles. The van der Waals surface area contributed by atoms with E-state index in [0.717, 1.165) is 25.0 Å². The van der Waals surface area contributed by atoms with Gasteiger partial charge in [0.05, 0.1) is 17.5 Å². The van der Waals surface area contributed by atoms with Gasteiger partial charge in [0.2, 0.25) is 0 Å². The van der Waals surface area contributed by atoms with Crippen LogP contribution in [0.25, 0.3) is 0 Å². The highest BCUT2D eigenvalue weighted by molar-refractivity contribution is 6.02. The van der Waals surface area contributed by atoms with Crippen LogP contribution in [0.3, 0.4) is 0 Å². The third kappa shape index (κ3) is 7.38. The van der Waals surface area contributed by atoms with Gasteiger partial charge in [0.1, 0.15) is 5.82 Å². The van der Waals surface area contributed by atoms with Gasteiger partial charge < -0.3 is 16.6 Å². The molecule has 0 heterocycles. The highest BCUT2D eigenvalue weighted by atomic mass is 19.3. The van der Waals surface area contributed by atoms with Gasteiger partial charge >= 0.3 is 0 Å². The molecule has 1 fully saturated rings. The molecule has 1 atom stereocenters. The maximum Gasteiger partial charge on any atom is 0.277 e. The number of aliphatic imine (C=N–C) groups is 2. The molecule has 5 nitrogen and oxygen atoms in total. The molecule has 1 aromatic carbocycles. The molecule has 2 rings (SSSR count). The Bertz CT molecular complexity index is 836. The monoisotopic (exact) mass is 408 g/mol. The van der Waals surface area contributed by atoms with Crippen LogP contribution in [0.4, 0.5) is 18.9 Å². The Morgan fingerprint density at radius 2 is 2.00 bits per heavy atom. The van der Waals surface area contributed by atoms with Crippen LogP contribution in [0.15, 0.2) is 51.2 Å². The first-order valence-electron chi connectivity index (χ1n) is 9.42. The fourth-order valence-electron chi connectivity index (χ4n) is 2.59. The third-order valence-corrected chi connectivity index (χ3v) is 4.47. The molecule has 0 spiro atoms. The number of halogens is 3. The SMILES string of the molecule is CC(N)=C(C=NCC1CC1)CC(C=C(N)C(F)F)=Nc1ccc(F)cc1[C@@H](C)O. The van der Waals surface area contributed by atoms with Crippen molar-refractivity contribution in [2.75, 3.05) is 6.54 Å². The van der Waals surface area contributed by atoms with Crippen molar-refractivity contribution in [2.24, 2.45) is 27.4 Å². The molecule has 0 amide bonds. The number of hydrogen-bond donors (Lipinski definition) is 3. The fraction of sp³-hybridized carbons (Fsp3) is 0.429. The summed E-state index contributed by atoms with van der Waals surface area (Å²) in [5.41, 5.74) is 12.5. The Kier molecular flexibility index (Phi) is 8.01. The Morgan fingerprint density at radius 1 is 1.31 bits per heavy atom. The van der Waals surface area contributed by atoms with Crippen LogP contribution in [0.2, 0.25) is 0 Å². The Balaban J connectivity index is 2.41.